The number of ether oxygens (including phenoxy) is 2. The Morgan fingerprint density at radius 2 is 2.04 bits per heavy atom. The zero-order chi connectivity index (χ0) is 18.4. The number of nitro benzene ring substituents is 1. The molecule has 0 bridgehead atoms. The van der Waals surface area contributed by atoms with E-state index in [2.05, 4.69) is 0 Å². The molecule has 0 saturated carbocycles. The minimum Gasteiger partial charge on any atom is -0.494 e. The molecule has 7 heteroatoms. The second kappa shape index (κ2) is 8.05. The second-order valence-electron chi connectivity index (χ2n) is 5.16. The third-order valence-corrected chi connectivity index (χ3v) is 3.43. The Bertz CT molecular complexity index is 819. The van der Waals surface area contributed by atoms with Crippen LogP contribution in [0, 0.1) is 15.9 Å². The summed E-state index contributed by atoms with van der Waals surface area (Å²) in [6.45, 7) is 1.61. The lowest BCUT2D eigenvalue weighted by Crippen LogP contribution is -2.06. The number of rotatable bonds is 6. The van der Waals surface area contributed by atoms with Crippen molar-refractivity contribution < 1.29 is 23.6 Å². The lowest BCUT2D eigenvalue weighted by atomic mass is 10.1. The number of hydrogen-bond donors (Lipinski definition) is 0. The Morgan fingerprint density at radius 1 is 1.28 bits per heavy atom. The number of carbonyl (C=O) groups excluding carboxylic acids is 1. The van der Waals surface area contributed by atoms with Crippen LogP contribution >= 0.6 is 0 Å². The smallest absolute Gasteiger partial charge is 0.331 e. The Kier molecular flexibility index (Phi) is 5.84. The van der Waals surface area contributed by atoms with E-state index in [1.807, 2.05) is 0 Å². The third-order valence-electron chi connectivity index (χ3n) is 3.43. The molecule has 0 spiro atoms. The fraction of sp³-hybridized carbons (Fsp3) is 0.167. The molecule has 0 aliphatic heterocycles. The van der Waals surface area contributed by atoms with Gasteiger partial charge in [-0.15, -0.1) is 0 Å². The zero-order valence-electron chi connectivity index (χ0n) is 13.6. The predicted octanol–water partition coefficient (Wildman–Crippen LogP) is 4.06. The number of carbonyl (C=O) groups is 1. The molecule has 0 saturated heterocycles. The number of benzene rings is 2. The van der Waals surface area contributed by atoms with E-state index in [1.54, 1.807) is 19.1 Å². The molecule has 0 aromatic heterocycles. The summed E-state index contributed by atoms with van der Waals surface area (Å²) in [7, 11) is 1.36. The van der Waals surface area contributed by atoms with Crippen molar-refractivity contribution in [3.05, 3.63) is 75.6 Å². The minimum atomic E-state index is -0.662. The highest BCUT2D eigenvalue weighted by Crippen LogP contribution is 2.22. The molecule has 0 fully saturated rings. The SMILES string of the molecule is COc1ccc(/C=C/C(=O)O[C@H](C)c2cccc([N+](=O)[O-])c2)cc1F. The van der Waals surface area contributed by atoms with E-state index in [1.165, 1.54) is 43.5 Å². The van der Waals surface area contributed by atoms with Gasteiger partial charge in [-0.1, -0.05) is 18.2 Å². The molecule has 0 aliphatic carbocycles. The summed E-state index contributed by atoms with van der Waals surface area (Å²) in [5.74, 6) is -1.07. The van der Waals surface area contributed by atoms with Crippen molar-refractivity contribution in [3.8, 4) is 5.75 Å². The molecule has 0 amide bonds. The fourth-order valence-corrected chi connectivity index (χ4v) is 2.12. The van der Waals surface area contributed by atoms with Gasteiger partial charge in [0.1, 0.15) is 6.10 Å². The van der Waals surface area contributed by atoms with Crippen LogP contribution in [0.25, 0.3) is 6.08 Å². The van der Waals surface area contributed by atoms with Crippen LogP contribution in [-0.2, 0) is 9.53 Å². The van der Waals surface area contributed by atoms with E-state index in [9.17, 15) is 19.3 Å². The van der Waals surface area contributed by atoms with Gasteiger partial charge in [0.15, 0.2) is 11.6 Å². The van der Waals surface area contributed by atoms with E-state index in [4.69, 9.17) is 9.47 Å². The zero-order valence-corrected chi connectivity index (χ0v) is 13.6. The first-order valence-corrected chi connectivity index (χ1v) is 7.37. The van der Waals surface area contributed by atoms with E-state index in [-0.39, 0.29) is 11.4 Å². The predicted molar refractivity (Wildman–Crippen MR) is 89.6 cm³/mol. The van der Waals surface area contributed by atoms with Crippen LogP contribution in [0.3, 0.4) is 0 Å². The summed E-state index contributed by atoms with van der Waals surface area (Å²) in [5, 5.41) is 10.8. The van der Waals surface area contributed by atoms with Crippen molar-refractivity contribution in [2.45, 2.75) is 13.0 Å². The highest BCUT2D eigenvalue weighted by atomic mass is 19.1. The normalized spacial score (nSPS) is 12.0. The molecule has 130 valence electrons. The number of hydrogen-bond acceptors (Lipinski definition) is 5. The van der Waals surface area contributed by atoms with Crippen molar-refractivity contribution in [1.82, 2.24) is 0 Å². The van der Waals surface area contributed by atoms with Crippen LogP contribution in [0.5, 0.6) is 5.75 Å². The van der Waals surface area contributed by atoms with Crippen LogP contribution in [0.1, 0.15) is 24.2 Å². The van der Waals surface area contributed by atoms with Crippen LogP contribution < -0.4 is 4.74 Å². The molecule has 6 nitrogen and oxygen atoms in total. The largest absolute Gasteiger partial charge is 0.494 e. The first-order valence-electron chi connectivity index (χ1n) is 7.37. The summed E-state index contributed by atoms with van der Waals surface area (Å²) in [5.41, 5.74) is 0.898. The van der Waals surface area contributed by atoms with Gasteiger partial charge in [-0.2, -0.15) is 0 Å². The first kappa shape index (κ1) is 18.1. The van der Waals surface area contributed by atoms with Crippen molar-refractivity contribution in [3.63, 3.8) is 0 Å². The summed E-state index contributed by atoms with van der Waals surface area (Å²) in [6, 6.07) is 10.1. The maximum atomic E-state index is 13.6. The number of methoxy groups -OCH3 is 1. The molecule has 2 rings (SSSR count). The van der Waals surface area contributed by atoms with Gasteiger partial charge >= 0.3 is 5.97 Å². The minimum absolute atomic E-state index is 0.0790. The number of esters is 1. The maximum absolute atomic E-state index is 13.6. The molecule has 2 aromatic carbocycles. The number of halogens is 1. The van der Waals surface area contributed by atoms with Gasteiger partial charge < -0.3 is 9.47 Å². The highest BCUT2D eigenvalue weighted by Gasteiger charge is 2.13. The molecule has 2 aromatic rings. The number of non-ortho nitro benzene ring substituents is 1. The van der Waals surface area contributed by atoms with Gasteiger partial charge in [0.05, 0.1) is 12.0 Å². The first-order chi connectivity index (χ1) is 11.9. The van der Waals surface area contributed by atoms with Gasteiger partial charge in [-0.05, 0) is 36.3 Å². The summed E-state index contributed by atoms with van der Waals surface area (Å²) in [4.78, 5) is 22.1. The highest BCUT2D eigenvalue weighted by molar-refractivity contribution is 5.87. The Labute approximate surface area is 143 Å². The fourth-order valence-electron chi connectivity index (χ4n) is 2.12. The van der Waals surface area contributed by atoms with Gasteiger partial charge in [0.25, 0.3) is 5.69 Å². The third kappa shape index (κ3) is 4.87. The van der Waals surface area contributed by atoms with Crippen molar-refractivity contribution in [1.29, 1.82) is 0 Å². The molecule has 0 unspecified atom stereocenters. The molecule has 0 N–H and O–H groups in total. The van der Waals surface area contributed by atoms with E-state index in [0.29, 0.717) is 11.1 Å². The monoisotopic (exact) mass is 345 g/mol. The number of nitro groups is 1. The van der Waals surface area contributed by atoms with Gasteiger partial charge in [-0.3, -0.25) is 10.1 Å². The van der Waals surface area contributed by atoms with Crippen LogP contribution in [0.2, 0.25) is 0 Å². The summed E-state index contributed by atoms with van der Waals surface area (Å²) in [6.07, 6.45) is 1.91. The molecule has 0 radical (unpaired) electrons. The van der Waals surface area contributed by atoms with Crippen molar-refractivity contribution >= 4 is 17.7 Å². The summed E-state index contributed by atoms with van der Waals surface area (Å²) >= 11 is 0. The van der Waals surface area contributed by atoms with Crippen LogP contribution in [0.4, 0.5) is 10.1 Å². The van der Waals surface area contributed by atoms with E-state index >= 15 is 0 Å². The Hall–Kier alpha value is -3.22. The second-order valence-corrected chi connectivity index (χ2v) is 5.16. The van der Waals surface area contributed by atoms with E-state index in [0.717, 1.165) is 6.08 Å². The molecule has 25 heavy (non-hydrogen) atoms. The Balaban J connectivity index is 2.03. The molecule has 1 atom stereocenters. The number of nitrogens with zero attached hydrogens (tertiary/aromatic N) is 1. The van der Waals surface area contributed by atoms with Gasteiger partial charge in [0, 0.05) is 18.2 Å². The quantitative estimate of drug-likeness (QED) is 0.341. The van der Waals surface area contributed by atoms with Gasteiger partial charge in [0.2, 0.25) is 0 Å². The topological polar surface area (TPSA) is 78.7 Å². The Morgan fingerprint density at radius 3 is 2.68 bits per heavy atom. The van der Waals surface area contributed by atoms with Crippen molar-refractivity contribution in [2.24, 2.45) is 0 Å². The van der Waals surface area contributed by atoms with Crippen LogP contribution in [-0.4, -0.2) is 18.0 Å². The van der Waals surface area contributed by atoms with Gasteiger partial charge in [-0.25, -0.2) is 9.18 Å². The maximum Gasteiger partial charge on any atom is 0.331 e. The molecular formula is C18H16FNO5. The summed E-state index contributed by atoms with van der Waals surface area (Å²) < 4.78 is 23.6. The lowest BCUT2D eigenvalue weighted by molar-refractivity contribution is -0.385. The standard InChI is InChI=1S/C18H16FNO5/c1-12(14-4-3-5-15(11-14)20(22)23)25-18(21)9-7-13-6-8-17(24-2)16(19)10-13/h3-12H,1-2H3/b9-7+/t12-/m1/s1. The molecule has 0 heterocycles. The molecule has 0 aliphatic rings. The van der Waals surface area contributed by atoms with Crippen LogP contribution in [0.15, 0.2) is 48.5 Å². The molecular weight excluding hydrogens is 329 g/mol. The average Bonchev–Trinajstić information content (AvgIpc) is 2.60. The average molecular weight is 345 g/mol. The van der Waals surface area contributed by atoms with E-state index < -0.39 is 22.8 Å². The van der Waals surface area contributed by atoms with Crippen molar-refractivity contribution in [2.75, 3.05) is 7.11 Å². The lowest BCUT2D eigenvalue weighted by Gasteiger charge is -2.11.